The summed E-state index contributed by atoms with van der Waals surface area (Å²) in [6.45, 7) is 0. The lowest BCUT2D eigenvalue weighted by Crippen LogP contribution is -2.30. The molecule has 0 bridgehead atoms. The minimum atomic E-state index is -1.39. The van der Waals surface area contributed by atoms with Crippen molar-refractivity contribution in [2.75, 3.05) is 0 Å². The minimum Gasteiger partial charge on any atom is -0.367 e. The first kappa shape index (κ1) is 13.5. The van der Waals surface area contributed by atoms with Crippen LogP contribution in [0.4, 0.5) is 0 Å². The maximum atomic E-state index is 10.2. The van der Waals surface area contributed by atoms with Crippen molar-refractivity contribution >= 4 is 55.0 Å². The lowest BCUT2D eigenvalue weighted by atomic mass is 10.5. The number of rotatable bonds is 1. The fourth-order valence-corrected chi connectivity index (χ4v) is 0.753. The molecule has 14 heavy (non-hydrogen) atoms. The van der Waals surface area contributed by atoms with E-state index in [0.717, 1.165) is 0 Å². The van der Waals surface area contributed by atoms with E-state index in [0.29, 0.717) is 0 Å². The van der Waals surface area contributed by atoms with E-state index in [1.165, 1.54) is 11.6 Å². The van der Waals surface area contributed by atoms with Gasteiger partial charge in [0.1, 0.15) is 6.07 Å². The fourth-order valence-electron chi connectivity index (χ4n) is 0.288. The summed E-state index contributed by atoms with van der Waals surface area (Å²) in [6, 6.07) is 1.60. The second-order valence-corrected chi connectivity index (χ2v) is 6.39. The molecule has 1 atom stereocenters. The molecule has 0 aliphatic carbocycles. The molecule has 1 heterocycles. The highest BCUT2D eigenvalue weighted by Gasteiger charge is 2.28. The van der Waals surface area contributed by atoms with Gasteiger partial charge in [-0.2, -0.15) is 9.66 Å². The van der Waals surface area contributed by atoms with Gasteiger partial charge in [0.25, 0.3) is 5.91 Å². The summed E-state index contributed by atoms with van der Waals surface area (Å²) in [5.41, 5.74) is 4.73. The molecule has 0 spiro atoms. The number of allylic oxidation sites excluding steroid dienone is 1. The van der Waals surface area contributed by atoms with E-state index >= 15 is 0 Å². The average Bonchev–Trinajstić information content (AvgIpc) is 2.57. The molecule has 0 radical (unpaired) electrons. The molecule has 8 heteroatoms. The van der Waals surface area contributed by atoms with Crippen LogP contribution in [0, 0.1) is 11.3 Å². The van der Waals surface area contributed by atoms with E-state index in [-0.39, 0.29) is 0 Å². The van der Waals surface area contributed by atoms with Gasteiger partial charge < -0.3 is 5.73 Å². The molecule has 0 saturated heterocycles. The Balaban J connectivity index is 0.000000249. The van der Waals surface area contributed by atoms with Crippen LogP contribution >= 0.6 is 31.9 Å². The Labute approximate surface area is 99.9 Å². The van der Waals surface area contributed by atoms with Gasteiger partial charge in [-0.05, 0) is 37.9 Å². The SMILES string of the molecule is N#CC(Br)(Br)C(N)=O.O=S1C=CC=N1. The molecule has 5 nitrogen and oxygen atoms in total. The van der Waals surface area contributed by atoms with Crippen molar-refractivity contribution in [1.82, 2.24) is 0 Å². The first-order chi connectivity index (χ1) is 6.40. The Hall–Kier alpha value is -0.520. The molecule has 1 unspecified atom stereocenters. The molecule has 0 aromatic rings. The summed E-state index contributed by atoms with van der Waals surface area (Å²) in [6.07, 6.45) is 3.19. The van der Waals surface area contributed by atoms with E-state index in [2.05, 4.69) is 36.3 Å². The number of halogens is 2. The van der Waals surface area contributed by atoms with Gasteiger partial charge in [0, 0.05) is 11.6 Å². The Morgan fingerprint density at radius 2 is 2.21 bits per heavy atom. The molecule has 1 amide bonds. The largest absolute Gasteiger partial charge is 0.367 e. The lowest BCUT2D eigenvalue weighted by Gasteiger charge is -2.01. The summed E-state index contributed by atoms with van der Waals surface area (Å²) in [7, 11) is -1.03. The van der Waals surface area contributed by atoms with Crippen molar-refractivity contribution in [2.24, 2.45) is 10.1 Å². The molecule has 0 fully saturated rings. The van der Waals surface area contributed by atoms with Crippen LogP contribution in [0.3, 0.4) is 0 Å². The molecule has 1 aliphatic rings. The first-order valence-corrected chi connectivity index (χ1v) is 5.86. The summed E-state index contributed by atoms with van der Waals surface area (Å²) >= 11 is 5.45. The van der Waals surface area contributed by atoms with Gasteiger partial charge in [0.05, 0.1) is 0 Å². The van der Waals surface area contributed by atoms with E-state index in [9.17, 15) is 9.00 Å². The van der Waals surface area contributed by atoms with E-state index in [1.807, 2.05) is 0 Å². The molecule has 1 aliphatic heterocycles. The zero-order valence-corrected chi connectivity index (χ0v) is 10.7. The number of carbonyl (C=O) groups excluding carboxylic acids is 1. The smallest absolute Gasteiger partial charge is 0.259 e. The second-order valence-electron chi connectivity index (χ2n) is 1.91. The van der Waals surface area contributed by atoms with Crippen molar-refractivity contribution in [2.45, 2.75) is 3.23 Å². The molecular weight excluding hydrogens is 338 g/mol. The molecule has 0 aromatic carbocycles. The number of nitrogens with two attached hydrogens (primary N) is 1. The Morgan fingerprint density at radius 3 is 2.29 bits per heavy atom. The van der Waals surface area contributed by atoms with Crippen LogP contribution in [-0.2, 0) is 15.8 Å². The number of amides is 1. The first-order valence-electron chi connectivity index (χ1n) is 3.10. The molecule has 2 N–H and O–H groups in total. The Morgan fingerprint density at radius 1 is 1.64 bits per heavy atom. The van der Waals surface area contributed by atoms with Crippen molar-refractivity contribution in [3.8, 4) is 6.07 Å². The number of nitriles is 1. The highest BCUT2D eigenvalue weighted by atomic mass is 79.9. The number of nitrogens with zero attached hydrogens (tertiary/aromatic N) is 2. The average molecular weight is 343 g/mol. The fraction of sp³-hybridized carbons (Fsp3) is 0.167. The van der Waals surface area contributed by atoms with Gasteiger partial charge in [-0.25, -0.2) is 4.21 Å². The summed E-state index contributed by atoms with van der Waals surface area (Å²) in [4.78, 5) is 10.2. The van der Waals surface area contributed by atoms with Crippen molar-refractivity contribution in [3.05, 3.63) is 11.5 Å². The number of hydrogen-bond donors (Lipinski definition) is 1. The Kier molecular flexibility index (Phi) is 5.83. The van der Waals surface area contributed by atoms with Crippen LogP contribution in [0.15, 0.2) is 15.9 Å². The second kappa shape index (κ2) is 6.06. The highest BCUT2D eigenvalue weighted by Crippen LogP contribution is 2.23. The van der Waals surface area contributed by atoms with Crippen LogP contribution < -0.4 is 5.73 Å². The molecule has 76 valence electrons. The topological polar surface area (TPSA) is 96.3 Å². The standard InChI is InChI=1S/C3H2Br2N2O.C3H3NOS/c4-3(5,1-6)2(7)8;5-6-3-1-2-4-6/h(H2,7,8);1-3H. The zero-order chi connectivity index (χ0) is 11.2. The normalized spacial score (nSPS) is 18.2. The molecule has 0 aromatic heterocycles. The van der Waals surface area contributed by atoms with Crippen LogP contribution in [-0.4, -0.2) is 19.6 Å². The molecule has 1 rings (SSSR count). The van der Waals surface area contributed by atoms with Crippen molar-refractivity contribution in [1.29, 1.82) is 5.26 Å². The quantitative estimate of drug-likeness (QED) is 0.711. The maximum Gasteiger partial charge on any atom is 0.259 e. The third-order valence-electron chi connectivity index (χ3n) is 0.896. The third-order valence-corrected chi connectivity index (χ3v) is 2.75. The minimum absolute atomic E-state index is 0.750. The van der Waals surface area contributed by atoms with Gasteiger partial charge in [-0.1, -0.05) is 0 Å². The number of primary amides is 1. The number of hydrogen-bond acceptors (Lipinski definition) is 3. The number of alkyl halides is 2. The summed E-state index contributed by atoms with van der Waals surface area (Å²) in [5, 5.41) is 9.65. The number of carbonyl (C=O) groups is 1. The monoisotopic (exact) mass is 341 g/mol. The predicted octanol–water partition coefficient (Wildman–Crippen LogP) is 0.730. The van der Waals surface area contributed by atoms with Crippen molar-refractivity contribution < 1.29 is 9.00 Å². The maximum absolute atomic E-state index is 10.2. The van der Waals surface area contributed by atoms with Gasteiger partial charge in [0.15, 0.2) is 11.0 Å². The summed E-state index contributed by atoms with van der Waals surface area (Å²) in [5.74, 6) is -0.750. The van der Waals surface area contributed by atoms with E-state index in [1.54, 1.807) is 12.1 Å². The highest BCUT2D eigenvalue weighted by molar-refractivity contribution is 9.26. The van der Waals surface area contributed by atoms with Gasteiger partial charge in [-0.3, -0.25) is 4.79 Å². The molecule has 0 saturated carbocycles. The lowest BCUT2D eigenvalue weighted by molar-refractivity contribution is -0.117. The predicted molar refractivity (Wildman–Crippen MR) is 61.2 cm³/mol. The third kappa shape index (κ3) is 5.26. The molecular formula is C6H5Br2N3O2S. The van der Waals surface area contributed by atoms with Crippen molar-refractivity contribution in [3.63, 3.8) is 0 Å². The van der Waals surface area contributed by atoms with Gasteiger partial charge in [0.2, 0.25) is 3.23 Å². The van der Waals surface area contributed by atoms with Crippen LogP contribution in [0.25, 0.3) is 0 Å². The van der Waals surface area contributed by atoms with Gasteiger partial charge in [-0.15, -0.1) is 0 Å². The van der Waals surface area contributed by atoms with Crippen LogP contribution in [0.5, 0.6) is 0 Å². The Bertz CT molecular complexity index is 331. The van der Waals surface area contributed by atoms with Crippen LogP contribution in [0.1, 0.15) is 0 Å². The van der Waals surface area contributed by atoms with E-state index in [4.69, 9.17) is 11.0 Å². The summed E-state index contributed by atoms with van der Waals surface area (Å²) < 4.78 is 12.2. The van der Waals surface area contributed by atoms with E-state index < -0.39 is 20.1 Å². The zero-order valence-electron chi connectivity index (χ0n) is 6.68. The van der Waals surface area contributed by atoms with Gasteiger partial charge >= 0.3 is 0 Å². The van der Waals surface area contributed by atoms with Crippen LogP contribution in [0.2, 0.25) is 0 Å².